The zero-order valence-electron chi connectivity index (χ0n) is 12.0. The van der Waals surface area contributed by atoms with Gasteiger partial charge in [0.05, 0.1) is 10.0 Å². The number of phenolic OH excluding ortho intramolecular Hbond substituents is 2. The molecule has 0 fully saturated rings. The largest absolute Gasteiger partial charge is 0.506 e. The number of rotatable bonds is 4. The van der Waals surface area contributed by atoms with Gasteiger partial charge in [-0.25, -0.2) is 0 Å². The minimum atomic E-state index is -0.288. The summed E-state index contributed by atoms with van der Waals surface area (Å²) >= 11 is 12.1. The van der Waals surface area contributed by atoms with Crippen LogP contribution < -0.4 is 0 Å². The van der Waals surface area contributed by atoms with Crippen molar-refractivity contribution in [3.8, 4) is 11.5 Å². The van der Waals surface area contributed by atoms with E-state index in [1.54, 1.807) is 24.3 Å². The van der Waals surface area contributed by atoms with Crippen molar-refractivity contribution in [1.29, 1.82) is 0 Å². The van der Waals surface area contributed by atoms with Crippen LogP contribution in [0.5, 0.6) is 11.5 Å². The molecule has 0 radical (unpaired) electrons. The third kappa shape index (κ3) is 3.12. The van der Waals surface area contributed by atoms with E-state index in [0.717, 1.165) is 24.0 Å². The second kappa shape index (κ2) is 6.17. The lowest BCUT2D eigenvalue weighted by atomic mass is 9.73. The Balaban J connectivity index is 2.57. The molecule has 2 nitrogen and oxygen atoms in total. The molecule has 0 aliphatic heterocycles. The summed E-state index contributed by atoms with van der Waals surface area (Å²) in [6.45, 7) is 4.23. The SMILES string of the molecule is CCCC(C)(c1ccc(O)c(Cl)c1)c1ccc(O)c(Cl)c1. The van der Waals surface area contributed by atoms with E-state index in [9.17, 15) is 10.2 Å². The number of hydrogen-bond donors (Lipinski definition) is 2. The van der Waals surface area contributed by atoms with Gasteiger partial charge in [-0.2, -0.15) is 0 Å². The smallest absolute Gasteiger partial charge is 0.134 e. The maximum absolute atomic E-state index is 9.60. The highest BCUT2D eigenvalue weighted by molar-refractivity contribution is 6.32. The number of phenols is 2. The van der Waals surface area contributed by atoms with Gasteiger partial charge in [0.2, 0.25) is 0 Å². The fraction of sp³-hybridized carbons (Fsp3) is 0.294. The van der Waals surface area contributed by atoms with Gasteiger partial charge in [-0.3, -0.25) is 0 Å². The van der Waals surface area contributed by atoms with Crippen LogP contribution in [0.15, 0.2) is 36.4 Å². The maximum atomic E-state index is 9.60. The van der Waals surface area contributed by atoms with Crippen molar-refractivity contribution in [1.82, 2.24) is 0 Å². The van der Waals surface area contributed by atoms with Gasteiger partial charge in [-0.1, -0.05) is 55.6 Å². The molecular formula is C17H18Cl2O2. The Kier molecular flexibility index (Phi) is 4.70. The Morgan fingerprint density at radius 3 is 1.67 bits per heavy atom. The van der Waals surface area contributed by atoms with Crippen LogP contribution in [0.2, 0.25) is 10.0 Å². The van der Waals surface area contributed by atoms with E-state index in [1.165, 1.54) is 0 Å². The Morgan fingerprint density at radius 1 is 0.905 bits per heavy atom. The summed E-state index contributed by atoms with van der Waals surface area (Å²) < 4.78 is 0. The molecule has 0 aromatic heterocycles. The van der Waals surface area contributed by atoms with Crippen molar-refractivity contribution in [2.45, 2.75) is 32.1 Å². The first-order chi connectivity index (χ1) is 9.88. The summed E-state index contributed by atoms with van der Waals surface area (Å²) in [7, 11) is 0. The zero-order chi connectivity index (χ0) is 15.6. The highest BCUT2D eigenvalue weighted by atomic mass is 35.5. The molecule has 0 amide bonds. The molecule has 112 valence electrons. The van der Waals surface area contributed by atoms with Crippen molar-refractivity contribution in [2.75, 3.05) is 0 Å². The summed E-state index contributed by atoms with van der Waals surface area (Å²) in [6, 6.07) is 10.5. The molecule has 4 heteroatoms. The average molecular weight is 325 g/mol. The molecule has 0 saturated heterocycles. The van der Waals surface area contributed by atoms with Crippen molar-refractivity contribution in [3.05, 3.63) is 57.6 Å². The Labute approximate surface area is 135 Å². The molecule has 2 rings (SSSR count). The number of benzene rings is 2. The number of hydrogen-bond acceptors (Lipinski definition) is 2. The molecule has 0 spiro atoms. The highest BCUT2D eigenvalue weighted by Crippen LogP contribution is 2.41. The maximum Gasteiger partial charge on any atom is 0.134 e. The van der Waals surface area contributed by atoms with Gasteiger partial charge < -0.3 is 10.2 Å². The van der Waals surface area contributed by atoms with E-state index in [-0.39, 0.29) is 16.9 Å². The van der Waals surface area contributed by atoms with E-state index >= 15 is 0 Å². The number of halogens is 2. The normalized spacial score (nSPS) is 11.6. The van der Waals surface area contributed by atoms with Gasteiger partial charge in [-0.15, -0.1) is 0 Å². The summed E-state index contributed by atoms with van der Waals surface area (Å²) in [5, 5.41) is 19.9. The van der Waals surface area contributed by atoms with E-state index in [2.05, 4.69) is 13.8 Å². The van der Waals surface area contributed by atoms with Gasteiger partial charge >= 0.3 is 0 Å². The molecule has 0 bridgehead atoms. The van der Waals surface area contributed by atoms with E-state index in [0.29, 0.717) is 10.0 Å². The van der Waals surface area contributed by atoms with Gasteiger partial charge in [0, 0.05) is 5.41 Å². The second-order valence-electron chi connectivity index (χ2n) is 5.41. The number of aromatic hydroxyl groups is 2. The van der Waals surface area contributed by atoms with Crippen LogP contribution in [-0.2, 0) is 5.41 Å². The molecule has 0 saturated carbocycles. The van der Waals surface area contributed by atoms with Crippen molar-refractivity contribution >= 4 is 23.2 Å². The van der Waals surface area contributed by atoms with E-state index < -0.39 is 0 Å². The van der Waals surface area contributed by atoms with Crippen molar-refractivity contribution < 1.29 is 10.2 Å². The van der Waals surface area contributed by atoms with Crippen molar-refractivity contribution in [2.24, 2.45) is 0 Å². The highest BCUT2D eigenvalue weighted by Gasteiger charge is 2.29. The standard InChI is InChI=1S/C17H18Cl2O2/c1-3-8-17(2,11-4-6-15(20)13(18)9-11)12-5-7-16(21)14(19)10-12/h4-7,9-10,20-21H,3,8H2,1-2H3. The molecule has 0 aliphatic carbocycles. The third-order valence-electron chi connectivity index (χ3n) is 3.92. The lowest BCUT2D eigenvalue weighted by molar-refractivity contribution is 0.470. The van der Waals surface area contributed by atoms with Crippen LogP contribution in [0.4, 0.5) is 0 Å². The lowest BCUT2D eigenvalue weighted by Gasteiger charge is -2.31. The average Bonchev–Trinajstić information content (AvgIpc) is 2.45. The molecule has 2 N–H and O–H groups in total. The van der Waals surface area contributed by atoms with Gasteiger partial charge in [0.15, 0.2) is 0 Å². The molecule has 0 heterocycles. The Bertz CT molecular complexity index is 602. The first kappa shape index (κ1) is 16.0. The molecule has 21 heavy (non-hydrogen) atoms. The Morgan fingerprint density at radius 2 is 1.33 bits per heavy atom. The van der Waals surface area contributed by atoms with Crippen LogP contribution >= 0.6 is 23.2 Å². The lowest BCUT2D eigenvalue weighted by Crippen LogP contribution is -2.23. The van der Waals surface area contributed by atoms with Gasteiger partial charge in [0.25, 0.3) is 0 Å². The minimum absolute atomic E-state index is 0.0722. The van der Waals surface area contributed by atoms with Crippen LogP contribution in [0.25, 0.3) is 0 Å². The quantitative estimate of drug-likeness (QED) is 0.778. The molecule has 2 aromatic rings. The summed E-state index contributed by atoms with van der Waals surface area (Å²) in [4.78, 5) is 0. The molecule has 0 unspecified atom stereocenters. The van der Waals surface area contributed by atoms with Crippen molar-refractivity contribution in [3.63, 3.8) is 0 Å². The van der Waals surface area contributed by atoms with Gasteiger partial charge in [0.1, 0.15) is 11.5 Å². The van der Waals surface area contributed by atoms with Crippen LogP contribution in [-0.4, -0.2) is 10.2 Å². The zero-order valence-corrected chi connectivity index (χ0v) is 13.5. The molecule has 2 aromatic carbocycles. The monoisotopic (exact) mass is 324 g/mol. The summed E-state index contributed by atoms with van der Waals surface area (Å²) in [5.41, 5.74) is 1.73. The predicted octanol–water partition coefficient (Wildman–Crippen LogP) is 5.51. The van der Waals surface area contributed by atoms with E-state index in [1.807, 2.05) is 12.1 Å². The predicted molar refractivity (Wildman–Crippen MR) is 87.6 cm³/mol. The summed E-state index contributed by atoms with van der Waals surface area (Å²) in [6.07, 6.45) is 1.88. The molecular weight excluding hydrogens is 307 g/mol. The van der Waals surface area contributed by atoms with Gasteiger partial charge in [-0.05, 0) is 41.8 Å². The Hall–Kier alpha value is -1.38. The van der Waals surface area contributed by atoms with Crippen LogP contribution in [0.3, 0.4) is 0 Å². The summed E-state index contributed by atoms with van der Waals surface area (Å²) in [5.74, 6) is 0.144. The van der Waals surface area contributed by atoms with E-state index in [4.69, 9.17) is 23.2 Å². The minimum Gasteiger partial charge on any atom is -0.506 e. The first-order valence-electron chi connectivity index (χ1n) is 6.86. The fourth-order valence-corrected chi connectivity index (χ4v) is 3.02. The fourth-order valence-electron chi connectivity index (χ4n) is 2.66. The van der Waals surface area contributed by atoms with Crippen LogP contribution in [0.1, 0.15) is 37.8 Å². The third-order valence-corrected chi connectivity index (χ3v) is 4.53. The second-order valence-corrected chi connectivity index (χ2v) is 6.23. The first-order valence-corrected chi connectivity index (χ1v) is 7.62. The molecule has 0 aliphatic rings. The van der Waals surface area contributed by atoms with Crippen LogP contribution in [0, 0.1) is 0 Å². The molecule has 0 atom stereocenters. The topological polar surface area (TPSA) is 40.5 Å².